The molecule has 1 saturated heterocycles. The van der Waals surface area contributed by atoms with Gasteiger partial charge < -0.3 is 9.47 Å². The standard InChI is InChI=1S/C30H24BrF2NO5/c31-20-7-9-22-21-8-6-19(12-23(21)30(32,33)24(22)13-20)26(35)16-38-27(36)25-14-29(10-11-29)17-34(25)28(37)39-15-18-4-2-1-3-5-18/h1-9,12-13,25H,10-11,14-17H2. The van der Waals surface area contributed by atoms with Crippen molar-refractivity contribution in [1.29, 1.82) is 0 Å². The largest absolute Gasteiger partial charge is 0.456 e. The summed E-state index contributed by atoms with van der Waals surface area (Å²) in [5, 5.41) is 0. The van der Waals surface area contributed by atoms with Crippen LogP contribution in [-0.4, -0.2) is 41.9 Å². The minimum absolute atomic E-state index is 0.0253. The predicted molar refractivity (Wildman–Crippen MR) is 141 cm³/mol. The topological polar surface area (TPSA) is 72.9 Å². The number of alkyl halides is 2. The number of hydrogen-bond acceptors (Lipinski definition) is 5. The molecule has 0 radical (unpaired) electrons. The molecule has 1 amide bonds. The summed E-state index contributed by atoms with van der Waals surface area (Å²) >= 11 is 3.24. The second-order valence-electron chi connectivity index (χ2n) is 10.4. The maximum Gasteiger partial charge on any atom is 0.410 e. The molecule has 3 aromatic carbocycles. The number of hydrogen-bond donors (Lipinski definition) is 0. The number of rotatable bonds is 6. The number of likely N-dealkylation sites (tertiary alicyclic amines) is 1. The lowest BCUT2D eigenvalue weighted by Gasteiger charge is -2.22. The van der Waals surface area contributed by atoms with E-state index in [1.807, 2.05) is 30.3 Å². The van der Waals surface area contributed by atoms with Crippen molar-refractivity contribution in [3.63, 3.8) is 0 Å². The van der Waals surface area contributed by atoms with Gasteiger partial charge in [0.25, 0.3) is 5.92 Å². The first-order chi connectivity index (χ1) is 18.7. The third-order valence-corrected chi connectivity index (χ3v) is 8.31. The van der Waals surface area contributed by atoms with Crippen LogP contribution in [0.3, 0.4) is 0 Å². The van der Waals surface area contributed by atoms with Gasteiger partial charge in [0.1, 0.15) is 12.6 Å². The first-order valence-corrected chi connectivity index (χ1v) is 13.5. The Morgan fingerprint density at radius 3 is 2.33 bits per heavy atom. The average molecular weight is 596 g/mol. The molecule has 200 valence electrons. The van der Waals surface area contributed by atoms with Gasteiger partial charge in [0.2, 0.25) is 0 Å². The Morgan fingerprint density at radius 1 is 0.923 bits per heavy atom. The molecule has 2 aliphatic carbocycles. The molecule has 0 aromatic heterocycles. The fourth-order valence-electron chi connectivity index (χ4n) is 5.48. The SMILES string of the molecule is O=C(COC(=O)C1CC2(CC2)CN1C(=O)OCc1ccccc1)c1ccc2c(c1)C(F)(F)c1cc(Br)ccc1-2. The number of halogens is 3. The molecule has 6 rings (SSSR count). The molecule has 1 spiro atoms. The quantitative estimate of drug-likeness (QED) is 0.241. The van der Waals surface area contributed by atoms with E-state index in [1.165, 1.54) is 29.2 Å². The molecular weight excluding hydrogens is 572 g/mol. The fourth-order valence-corrected chi connectivity index (χ4v) is 5.85. The van der Waals surface area contributed by atoms with Gasteiger partial charge in [0.15, 0.2) is 12.4 Å². The zero-order chi connectivity index (χ0) is 27.4. The third kappa shape index (κ3) is 4.73. The number of carbonyl (C=O) groups is 3. The molecule has 3 aliphatic rings. The van der Waals surface area contributed by atoms with Crippen LogP contribution in [0, 0.1) is 5.41 Å². The minimum Gasteiger partial charge on any atom is -0.456 e. The first-order valence-electron chi connectivity index (χ1n) is 12.7. The Kier molecular flexibility index (Phi) is 6.29. The van der Waals surface area contributed by atoms with Crippen LogP contribution in [0.2, 0.25) is 0 Å². The normalized spacial score (nSPS) is 19.4. The second kappa shape index (κ2) is 9.55. The van der Waals surface area contributed by atoms with Crippen LogP contribution in [0.5, 0.6) is 0 Å². The number of ether oxygens (including phenoxy) is 2. The number of nitrogens with zero attached hydrogens (tertiary/aromatic N) is 1. The molecule has 1 heterocycles. The fraction of sp³-hybridized carbons (Fsp3) is 0.300. The maximum absolute atomic E-state index is 15.2. The van der Waals surface area contributed by atoms with Gasteiger partial charge in [-0.1, -0.05) is 64.5 Å². The van der Waals surface area contributed by atoms with E-state index in [1.54, 1.807) is 12.1 Å². The summed E-state index contributed by atoms with van der Waals surface area (Å²) in [4.78, 5) is 40.1. The van der Waals surface area contributed by atoms with Crippen molar-refractivity contribution in [1.82, 2.24) is 4.90 Å². The van der Waals surface area contributed by atoms with Gasteiger partial charge in [-0.3, -0.25) is 9.69 Å². The highest BCUT2D eigenvalue weighted by atomic mass is 79.9. The second-order valence-corrected chi connectivity index (χ2v) is 11.4. The van der Waals surface area contributed by atoms with Crippen molar-refractivity contribution in [2.45, 2.75) is 37.8 Å². The van der Waals surface area contributed by atoms with E-state index >= 15 is 8.78 Å². The van der Waals surface area contributed by atoms with E-state index in [0.717, 1.165) is 18.4 Å². The van der Waals surface area contributed by atoms with Gasteiger partial charge in [0, 0.05) is 27.7 Å². The molecule has 39 heavy (non-hydrogen) atoms. The van der Waals surface area contributed by atoms with E-state index in [-0.39, 0.29) is 28.7 Å². The summed E-state index contributed by atoms with van der Waals surface area (Å²) in [6.45, 7) is -0.143. The van der Waals surface area contributed by atoms with Crippen molar-refractivity contribution < 1.29 is 32.6 Å². The van der Waals surface area contributed by atoms with Crippen LogP contribution in [0.25, 0.3) is 11.1 Å². The van der Waals surface area contributed by atoms with E-state index in [0.29, 0.717) is 28.6 Å². The molecule has 1 unspecified atom stereocenters. The van der Waals surface area contributed by atoms with Gasteiger partial charge in [-0.15, -0.1) is 0 Å². The molecule has 3 aromatic rings. The van der Waals surface area contributed by atoms with E-state index in [9.17, 15) is 14.4 Å². The number of fused-ring (bicyclic) bond motifs is 3. The third-order valence-electron chi connectivity index (χ3n) is 7.81. The lowest BCUT2D eigenvalue weighted by molar-refractivity contribution is -0.147. The van der Waals surface area contributed by atoms with Crippen LogP contribution < -0.4 is 0 Å². The van der Waals surface area contributed by atoms with Gasteiger partial charge in [0.05, 0.1) is 0 Å². The summed E-state index contributed by atoms with van der Waals surface area (Å²) in [5.41, 5.74) is 1.13. The zero-order valence-electron chi connectivity index (χ0n) is 20.8. The van der Waals surface area contributed by atoms with E-state index in [4.69, 9.17) is 9.47 Å². The van der Waals surface area contributed by atoms with Gasteiger partial charge in [-0.2, -0.15) is 8.78 Å². The number of ketones is 1. The molecular formula is C30H24BrF2NO5. The predicted octanol–water partition coefficient (Wildman–Crippen LogP) is 6.49. The Labute approximate surface area is 232 Å². The van der Waals surface area contributed by atoms with Crippen LogP contribution in [0.4, 0.5) is 13.6 Å². The van der Waals surface area contributed by atoms with Crippen LogP contribution in [0.15, 0.2) is 71.2 Å². The number of carbonyl (C=O) groups excluding carboxylic acids is 3. The smallest absolute Gasteiger partial charge is 0.410 e. The maximum atomic E-state index is 15.2. The molecule has 9 heteroatoms. The zero-order valence-corrected chi connectivity index (χ0v) is 22.4. The molecule has 0 bridgehead atoms. The van der Waals surface area contributed by atoms with Crippen LogP contribution in [0.1, 0.15) is 46.3 Å². The highest BCUT2D eigenvalue weighted by Gasteiger charge is 2.56. The molecule has 6 nitrogen and oxygen atoms in total. The number of amides is 1. The van der Waals surface area contributed by atoms with Crippen molar-refractivity contribution in [3.8, 4) is 11.1 Å². The van der Waals surface area contributed by atoms with Gasteiger partial charge in [-0.05, 0) is 59.6 Å². The molecule has 1 aliphatic heterocycles. The molecule has 0 N–H and O–H groups in total. The average Bonchev–Trinajstić information content (AvgIpc) is 3.53. The lowest BCUT2D eigenvalue weighted by atomic mass is 10.0. The first kappa shape index (κ1) is 25.7. The monoisotopic (exact) mass is 595 g/mol. The van der Waals surface area contributed by atoms with E-state index < -0.39 is 36.4 Å². The number of Topliss-reactive ketones (excluding diaryl/α,β-unsaturated/α-hetero) is 1. The molecule has 2 fully saturated rings. The summed E-state index contributed by atoms with van der Waals surface area (Å²) in [5.74, 6) is -4.56. The summed E-state index contributed by atoms with van der Waals surface area (Å²) in [6.07, 6.45) is 1.64. The van der Waals surface area contributed by atoms with Crippen LogP contribution >= 0.6 is 15.9 Å². The van der Waals surface area contributed by atoms with Gasteiger partial charge >= 0.3 is 12.1 Å². The Balaban J connectivity index is 1.12. The van der Waals surface area contributed by atoms with Crippen LogP contribution in [-0.2, 0) is 26.8 Å². The van der Waals surface area contributed by atoms with Crippen molar-refractivity contribution in [2.75, 3.05) is 13.2 Å². The molecule has 1 atom stereocenters. The summed E-state index contributed by atoms with van der Waals surface area (Å²) in [7, 11) is 0. The summed E-state index contributed by atoms with van der Waals surface area (Å²) in [6, 6.07) is 17.2. The minimum atomic E-state index is -3.26. The van der Waals surface area contributed by atoms with Gasteiger partial charge in [-0.25, -0.2) is 9.59 Å². The highest BCUT2D eigenvalue weighted by Crippen LogP contribution is 2.55. The lowest BCUT2D eigenvalue weighted by Crippen LogP contribution is -2.42. The van der Waals surface area contributed by atoms with Crippen molar-refractivity contribution >= 4 is 33.8 Å². The number of esters is 1. The number of benzene rings is 3. The Morgan fingerprint density at radius 2 is 1.62 bits per heavy atom. The Hall–Kier alpha value is -3.59. The van der Waals surface area contributed by atoms with Crippen molar-refractivity contribution in [2.24, 2.45) is 5.41 Å². The highest BCUT2D eigenvalue weighted by molar-refractivity contribution is 9.10. The molecule has 1 saturated carbocycles. The van der Waals surface area contributed by atoms with Crippen molar-refractivity contribution in [3.05, 3.63) is 93.5 Å². The Bertz CT molecular complexity index is 1490. The van der Waals surface area contributed by atoms with E-state index in [2.05, 4.69) is 15.9 Å². The summed E-state index contributed by atoms with van der Waals surface area (Å²) < 4.78 is 41.7.